The van der Waals surface area contributed by atoms with Crippen molar-refractivity contribution in [2.24, 2.45) is 5.92 Å². The highest BCUT2D eigenvalue weighted by atomic mass is 32.1. The molecule has 2 N–H and O–H groups in total. The molecule has 0 aliphatic carbocycles. The van der Waals surface area contributed by atoms with Crippen molar-refractivity contribution in [3.63, 3.8) is 0 Å². The fourth-order valence-corrected chi connectivity index (χ4v) is 3.62. The van der Waals surface area contributed by atoms with Crippen molar-refractivity contribution in [3.8, 4) is 0 Å². The van der Waals surface area contributed by atoms with Crippen molar-refractivity contribution in [2.45, 2.75) is 20.8 Å². The summed E-state index contributed by atoms with van der Waals surface area (Å²) in [7, 11) is 0. The summed E-state index contributed by atoms with van der Waals surface area (Å²) in [6.07, 6.45) is 0. The maximum absolute atomic E-state index is 12.4. The Morgan fingerprint density at radius 3 is 2.23 bits per heavy atom. The van der Waals surface area contributed by atoms with E-state index >= 15 is 0 Å². The van der Waals surface area contributed by atoms with Gasteiger partial charge in [0, 0.05) is 37.7 Å². The molecule has 0 radical (unpaired) electrons. The fraction of sp³-hybridized carbons (Fsp3) is 0.348. The third-order valence-corrected chi connectivity index (χ3v) is 5.32. The zero-order valence-corrected chi connectivity index (χ0v) is 18.5. The number of carbonyl (C=O) groups excluding carboxylic acids is 2. The Labute approximate surface area is 183 Å². The highest BCUT2D eigenvalue weighted by Gasteiger charge is 2.24. The molecule has 0 spiro atoms. The summed E-state index contributed by atoms with van der Waals surface area (Å²) < 4.78 is 0. The van der Waals surface area contributed by atoms with Crippen LogP contribution in [-0.2, 0) is 4.79 Å². The van der Waals surface area contributed by atoms with Gasteiger partial charge in [-0.25, -0.2) is 0 Å². The molecule has 158 valence electrons. The number of aryl methyl sites for hydroxylation is 1. The van der Waals surface area contributed by atoms with Gasteiger partial charge in [0.25, 0.3) is 5.91 Å². The lowest BCUT2D eigenvalue weighted by molar-refractivity contribution is -0.134. The first-order chi connectivity index (χ1) is 14.3. The molecule has 0 bridgehead atoms. The van der Waals surface area contributed by atoms with Crippen LogP contribution in [0, 0.1) is 12.8 Å². The van der Waals surface area contributed by atoms with E-state index in [-0.39, 0.29) is 22.8 Å². The van der Waals surface area contributed by atoms with Gasteiger partial charge in [-0.1, -0.05) is 43.7 Å². The third kappa shape index (κ3) is 5.36. The van der Waals surface area contributed by atoms with Crippen LogP contribution in [0.15, 0.2) is 48.5 Å². The summed E-state index contributed by atoms with van der Waals surface area (Å²) in [5.41, 5.74) is 3.48. The summed E-state index contributed by atoms with van der Waals surface area (Å²) in [6.45, 7) is 8.72. The monoisotopic (exact) mass is 424 g/mol. The van der Waals surface area contributed by atoms with Gasteiger partial charge >= 0.3 is 0 Å². The van der Waals surface area contributed by atoms with E-state index in [2.05, 4.69) is 15.5 Å². The average molecular weight is 425 g/mol. The number of benzene rings is 2. The van der Waals surface area contributed by atoms with Gasteiger partial charge in [0.2, 0.25) is 5.91 Å². The predicted molar refractivity (Wildman–Crippen MR) is 125 cm³/mol. The van der Waals surface area contributed by atoms with Crippen LogP contribution in [0.2, 0.25) is 0 Å². The maximum atomic E-state index is 12.4. The van der Waals surface area contributed by atoms with E-state index in [9.17, 15) is 9.59 Å². The number of piperazine rings is 1. The second-order valence-electron chi connectivity index (χ2n) is 7.76. The third-order valence-electron chi connectivity index (χ3n) is 5.12. The van der Waals surface area contributed by atoms with Gasteiger partial charge in [-0.15, -0.1) is 0 Å². The normalized spacial score (nSPS) is 13.9. The van der Waals surface area contributed by atoms with Crippen LogP contribution < -0.4 is 15.5 Å². The SMILES string of the molecule is Cc1ccc(C(=O)NC(=S)Nc2ccccc2N2CCN(C(=O)C(C)C)CC2)cc1. The van der Waals surface area contributed by atoms with Gasteiger partial charge < -0.3 is 15.1 Å². The lowest BCUT2D eigenvalue weighted by Crippen LogP contribution is -2.50. The Bertz CT molecular complexity index is 919. The second kappa shape index (κ2) is 9.71. The van der Waals surface area contributed by atoms with E-state index in [0.29, 0.717) is 18.7 Å². The number of anilines is 2. The van der Waals surface area contributed by atoms with Crippen LogP contribution in [0.5, 0.6) is 0 Å². The van der Waals surface area contributed by atoms with Gasteiger partial charge in [0.05, 0.1) is 11.4 Å². The van der Waals surface area contributed by atoms with Crippen molar-refractivity contribution in [1.29, 1.82) is 0 Å². The lowest BCUT2D eigenvalue weighted by atomic mass is 10.1. The van der Waals surface area contributed by atoms with Gasteiger partial charge in [-0.05, 0) is 43.4 Å². The molecule has 1 saturated heterocycles. The van der Waals surface area contributed by atoms with Crippen LogP contribution in [-0.4, -0.2) is 48.0 Å². The number of hydrogen-bond donors (Lipinski definition) is 2. The molecule has 0 unspecified atom stereocenters. The molecule has 2 aromatic rings. The summed E-state index contributed by atoms with van der Waals surface area (Å²) in [4.78, 5) is 28.8. The number of amides is 2. The molecule has 0 atom stereocenters. The molecule has 1 aliphatic rings. The standard InChI is InChI=1S/C23H28N4O2S/c1-16(2)22(29)27-14-12-26(13-15-27)20-7-5-4-6-19(20)24-23(30)25-21(28)18-10-8-17(3)9-11-18/h4-11,16H,12-15H2,1-3H3,(H2,24,25,28,30). The molecular formula is C23H28N4O2S. The smallest absolute Gasteiger partial charge is 0.257 e. The Balaban J connectivity index is 1.63. The molecule has 2 aromatic carbocycles. The van der Waals surface area contributed by atoms with E-state index in [1.165, 1.54) is 0 Å². The van der Waals surface area contributed by atoms with Crippen molar-refractivity contribution in [3.05, 3.63) is 59.7 Å². The quantitative estimate of drug-likeness (QED) is 0.737. The zero-order valence-electron chi connectivity index (χ0n) is 17.6. The van der Waals surface area contributed by atoms with E-state index in [0.717, 1.165) is 30.0 Å². The number of para-hydroxylation sites is 2. The number of thiocarbonyl (C=S) groups is 1. The topological polar surface area (TPSA) is 64.7 Å². The number of nitrogens with one attached hydrogen (secondary N) is 2. The molecule has 6 nitrogen and oxygen atoms in total. The Kier molecular flexibility index (Phi) is 7.05. The number of hydrogen-bond acceptors (Lipinski definition) is 4. The average Bonchev–Trinajstić information content (AvgIpc) is 2.74. The van der Waals surface area contributed by atoms with Gasteiger partial charge in [0.1, 0.15) is 0 Å². The molecule has 1 heterocycles. The van der Waals surface area contributed by atoms with Crippen molar-refractivity contribution in [2.75, 3.05) is 36.4 Å². The zero-order chi connectivity index (χ0) is 21.7. The molecule has 0 saturated carbocycles. The second-order valence-corrected chi connectivity index (χ2v) is 8.17. The number of nitrogens with zero attached hydrogens (tertiary/aromatic N) is 2. The maximum Gasteiger partial charge on any atom is 0.257 e. The number of rotatable bonds is 4. The molecule has 7 heteroatoms. The van der Waals surface area contributed by atoms with Crippen molar-refractivity contribution < 1.29 is 9.59 Å². The molecule has 30 heavy (non-hydrogen) atoms. The largest absolute Gasteiger partial charge is 0.366 e. The first-order valence-corrected chi connectivity index (χ1v) is 10.6. The minimum Gasteiger partial charge on any atom is -0.366 e. The minimum atomic E-state index is -0.245. The van der Waals surface area contributed by atoms with Crippen LogP contribution >= 0.6 is 12.2 Å². The van der Waals surface area contributed by atoms with Crippen LogP contribution in [0.3, 0.4) is 0 Å². The van der Waals surface area contributed by atoms with Crippen LogP contribution in [0.1, 0.15) is 29.8 Å². The molecule has 1 aliphatic heterocycles. The van der Waals surface area contributed by atoms with Crippen molar-refractivity contribution >= 4 is 40.5 Å². The summed E-state index contributed by atoms with van der Waals surface area (Å²) in [5, 5.41) is 6.14. The molecule has 3 rings (SSSR count). The molecule has 2 amide bonds. The molecular weight excluding hydrogens is 396 g/mol. The fourth-order valence-electron chi connectivity index (χ4n) is 3.42. The first kappa shape index (κ1) is 21.8. The minimum absolute atomic E-state index is 0.0139. The Morgan fingerprint density at radius 2 is 1.60 bits per heavy atom. The van der Waals surface area contributed by atoms with E-state index in [1.54, 1.807) is 12.1 Å². The Morgan fingerprint density at radius 1 is 0.967 bits per heavy atom. The highest BCUT2D eigenvalue weighted by Crippen LogP contribution is 2.27. The van der Waals surface area contributed by atoms with Crippen LogP contribution in [0.25, 0.3) is 0 Å². The van der Waals surface area contributed by atoms with E-state index < -0.39 is 0 Å². The van der Waals surface area contributed by atoms with Crippen LogP contribution in [0.4, 0.5) is 11.4 Å². The van der Waals surface area contributed by atoms with E-state index in [1.807, 2.05) is 62.1 Å². The summed E-state index contributed by atoms with van der Waals surface area (Å²) in [6, 6.07) is 15.2. The van der Waals surface area contributed by atoms with Crippen molar-refractivity contribution in [1.82, 2.24) is 10.2 Å². The number of carbonyl (C=O) groups is 2. The Hall–Kier alpha value is -2.93. The summed E-state index contributed by atoms with van der Waals surface area (Å²) >= 11 is 5.37. The molecule has 0 aromatic heterocycles. The molecule has 1 fully saturated rings. The predicted octanol–water partition coefficient (Wildman–Crippen LogP) is 3.43. The first-order valence-electron chi connectivity index (χ1n) is 10.2. The highest BCUT2D eigenvalue weighted by molar-refractivity contribution is 7.80. The van der Waals surface area contributed by atoms with Gasteiger partial charge in [0.15, 0.2) is 5.11 Å². The van der Waals surface area contributed by atoms with E-state index in [4.69, 9.17) is 12.2 Å². The van der Waals surface area contributed by atoms with Gasteiger partial charge in [-0.3, -0.25) is 14.9 Å². The van der Waals surface area contributed by atoms with Gasteiger partial charge in [-0.2, -0.15) is 0 Å². The summed E-state index contributed by atoms with van der Waals surface area (Å²) in [5.74, 6) is -0.0353. The lowest BCUT2D eigenvalue weighted by Gasteiger charge is -2.37.